The molecule has 0 bridgehead atoms. The number of carbonyl (C=O) groups is 2. The summed E-state index contributed by atoms with van der Waals surface area (Å²) in [4.78, 5) is 21.1. The zero-order valence-corrected chi connectivity index (χ0v) is 8.54. The standard InChI is InChI=1S/C11H15NO2/c1-4-10(7-12-9(3)14)6-11(5-2)8-13/h4-6,8H,2,7H2,1,3H3,(H,12,14)/b10-4+,11-6+. The van der Waals surface area contributed by atoms with Crippen molar-refractivity contribution in [1.82, 2.24) is 5.32 Å². The van der Waals surface area contributed by atoms with E-state index in [-0.39, 0.29) is 5.91 Å². The lowest BCUT2D eigenvalue weighted by molar-refractivity contribution is -0.118. The third-order valence-corrected chi connectivity index (χ3v) is 1.64. The van der Waals surface area contributed by atoms with E-state index in [1.807, 2.05) is 13.0 Å². The van der Waals surface area contributed by atoms with Crippen LogP contribution in [0, 0.1) is 0 Å². The lowest BCUT2D eigenvalue weighted by atomic mass is 10.1. The van der Waals surface area contributed by atoms with Crippen molar-refractivity contribution in [2.45, 2.75) is 13.8 Å². The molecule has 0 aliphatic carbocycles. The molecule has 0 saturated carbocycles. The van der Waals surface area contributed by atoms with E-state index in [4.69, 9.17) is 0 Å². The van der Waals surface area contributed by atoms with E-state index in [1.165, 1.54) is 13.0 Å². The Bertz CT molecular complexity index is 278. The van der Waals surface area contributed by atoms with E-state index < -0.39 is 0 Å². The molecule has 0 spiro atoms. The third-order valence-electron chi connectivity index (χ3n) is 1.64. The number of aldehydes is 1. The van der Waals surface area contributed by atoms with E-state index in [0.29, 0.717) is 12.1 Å². The molecule has 0 radical (unpaired) electrons. The number of rotatable bonds is 5. The van der Waals surface area contributed by atoms with Crippen molar-refractivity contribution >= 4 is 12.2 Å². The number of carbonyl (C=O) groups excluding carboxylic acids is 2. The lowest BCUT2D eigenvalue weighted by Crippen LogP contribution is -2.21. The Kier molecular flexibility index (Phi) is 6.03. The molecule has 0 aliphatic heterocycles. The topological polar surface area (TPSA) is 46.2 Å². The Morgan fingerprint density at radius 3 is 2.50 bits per heavy atom. The fourth-order valence-electron chi connectivity index (χ4n) is 0.818. The minimum absolute atomic E-state index is 0.0935. The van der Waals surface area contributed by atoms with Gasteiger partial charge in [0.25, 0.3) is 0 Å². The van der Waals surface area contributed by atoms with Gasteiger partial charge in [0.1, 0.15) is 6.29 Å². The summed E-state index contributed by atoms with van der Waals surface area (Å²) in [6.07, 6.45) is 5.73. The molecule has 0 rings (SSSR count). The van der Waals surface area contributed by atoms with Crippen molar-refractivity contribution in [2.75, 3.05) is 6.54 Å². The second kappa shape index (κ2) is 6.83. The van der Waals surface area contributed by atoms with Crippen LogP contribution < -0.4 is 5.32 Å². The summed E-state index contributed by atoms with van der Waals surface area (Å²) in [7, 11) is 0. The zero-order valence-electron chi connectivity index (χ0n) is 8.54. The van der Waals surface area contributed by atoms with Gasteiger partial charge < -0.3 is 5.32 Å². The van der Waals surface area contributed by atoms with Gasteiger partial charge in [-0.05, 0) is 18.6 Å². The molecule has 0 saturated heterocycles. The van der Waals surface area contributed by atoms with E-state index in [2.05, 4.69) is 11.9 Å². The van der Waals surface area contributed by atoms with Gasteiger partial charge in [0, 0.05) is 19.0 Å². The molecule has 0 atom stereocenters. The first kappa shape index (κ1) is 12.4. The molecule has 0 fully saturated rings. The van der Waals surface area contributed by atoms with Crippen LogP contribution >= 0.6 is 0 Å². The lowest BCUT2D eigenvalue weighted by Gasteiger charge is -2.02. The molecular formula is C11H15NO2. The van der Waals surface area contributed by atoms with Crippen molar-refractivity contribution < 1.29 is 9.59 Å². The fraction of sp³-hybridized carbons (Fsp3) is 0.273. The Balaban J connectivity index is 4.43. The van der Waals surface area contributed by atoms with Crippen LogP contribution in [0.15, 0.2) is 36.0 Å². The van der Waals surface area contributed by atoms with Gasteiger partial charge in [0.05, 0.1) is 0 Å². The van der Waals surface area contributed by atoms with Crippen LogP contribution in [-0.4, -0.2) is 18.7 Å². The molecule has 1 N–H and O–H groups in total. The summed E-state index contributed by atoms with van der Waals surface area (Å²) >= 11 is 0. The molecule has 0 aromatic heterocycles. The first-order valence-electron chi connectivity index (χ1n) is 4.33. The number of nitrogens with one attached hydrogen (secondary N) is 1. The minimum Gasteiger partial charge on any atom is -0.352 e. The molecule has 0 aromatic carbocycles. The number of allylic oxidation sites excluding steroid dienone is 3. The Morgan fingerprint density at radius 1 is 1.50 bits per heavy atom. The van der Waals surface area contributed by atoms with Crippen molar-refractivity contribution in [3.05, 3.63) is 36.0 Å². The summed E-state index contributed by atoms with van der Waals surface area (Å²) in [5.74, 6) is -0.0935. The van der Waals surface area contributed by atoms with Crippen LogP contribution in [-0.2, 0) is 9.59 Å². The van der Waals surface area contributed by atoms with Crippen LogP contribution in [0.4, 0.5) is 0 Å². The molecule has 0 heterocycles. The molecule has 14 heavy (non-hydrogen) atoms. The number of hydrogen-bond acceptors (Lipinski definition) is 2. The highest BCUT2D eigenvalue weighted by atomic mass is 16.1. The van der Waals surface area contributed by atoms with Gasteiger partial charge in [-0.2, -0.15) is 0 Å². The normalized spacial score (nSPS) is 12.1. The second-order valence-corrected chi connectivity index (χ2v) is 2.74. The zero-order chi connectivity index (χ0) is 11.0. The average molecular weight is 193 g/mol. The Morgan fingerprint density at radius 2 is 2.14 bits per heavy atom. The molecule has 0 unspecified atom stereocenters. The van der Waals surface area contributed by atoms with Gasteiger partial charge in [-0.3, -0.25) is 9.59 Å². The molecule has 3 nitrogen and oxygen atoms in total. The van der Waals surface area contributed by atoms with Gasteiger partial charge in [-0.1, -0.05) is 18.7 Å². The first-order chi connectivity index (χ1) is 6.63. The second-order valence-electron chi connectivity index (χ2n) is 2.74. The van der Waals surface area contributed by atoms with Crippen LogP contribution in [0.3, 0.4) is 0 Å². The van der Waals surface area contributed by atoms with Gasteiger partial charge in [-0.15, -0.1) is 0 Å². The maximum absolute atomic E-state index is 10.6. The predicted molar refractivity (Wildman–Crippen MR) is 56.8 cm³/mol. The highest BCUT2D eigenvalue weighted by Gasteiger charge is 1.95. The fourth-order valence-corrected chi connectivity index (χ4v) is 0.818. The highest BCUT2D eigenvalue weighted by molar-refractivity contribution is 5.78. The molecule has 3 heteroatoms. The maximum atomic E-state index is 10.6. The minimum atomic E-state index is -0.0935. The van der Waals surface area contributed by atoms with E-state index in [0.717, 1.165) is 11.9 Å². The van der Waals surface area contributed by atoms with E-state index >= 15 is 0 Å². The summed E-state index contributed by atoms with van der Waals surface area (Å²) < 4.78 is 0. The largest absolute Gasteiger partial charge is 0.352 e. The van der Waals surface area contributed by atoms with Crippen LogP contribution in [0.25, 0.3) is 0 Å². The van der Waals surface area contributed by atoms with Gasteiger partial charge in [-0.25, -0.2) is 0 Å². The van der Waals surface area contributed by atoms with Gasteiger partial charge >= 0.3 is 0 Å². The highest BCUT2D eigenvalue weighted by Crippen LogP contribution is 2.00. The van der Waals surface area contributed by atoms with Crippen LogP contribution in [0.1, 0.15) is 13.8 Å². The monoisotopic (exact) mass is 193 g/mol. The third kappa shape index (κ3) is 5.09. The van der Waals surface area contributed by atoms with E-state index in [1.54, 1.807) is 6.08 Å². The molecule has 76 valence electrons. The molecule has 0 aliphatic rings. The SMILES string of the molecule is C=C/C(C=O)=C\C(=C/C)CNC(C)=O. The quantitative estimate of drug-likeness (QED) is 0.407. The van der Waals surface area contributed by atoms with Crippen molar-refractivity contribution in [2.24, 2.45) is 0 Å². The predicted octanol–water partition coefficient (Wildman–Crippen LogP) is 1.38. The van der Waals surface area contributed by atoms with Gasteiger partial charge in [0.2, 0.25) is 5.91 Å². The summed E-state index contributed by atoms with van der Waals surface area (Å²) in [6.45, 7) is 7.22. The first-order valence-corrected chi connectivity index (χ1v) is 4.33. The summed E-state index contributed by atoms with van der Waals surface area (Å²) in [5.41, 5.74) is 1.38. The molecule has 0 aromatic rings. The number of hydrogen-bond donors (Lipinski definition) is 1. The van der Waals surface area contributed by atoms with Crippen molar-refractivity contribution in [3.8, 4) is 0 Å². The van der Waals surface area contributed by atoms with Crippen molar-refractivity contribution in [1.29, 1.82) is 0 Å². The summed E-state index contributed by atoms with van der Waals surface area (Å²) in [5, 5.41) is 2.65. The van der Waals surface area contributed by atoms with Gasteiger partial charge in [0.15, 0.2) is 0 Å². The Labute approximate surface area is 84.2 Å². The summed E-state index contributed by atoms with van der Waals surface area (Å²) in [6, 6.07) is 0. The van der Waals surface area contributed by atoms with Crippen molar-refractivity contribution in [3.63, 3.8) is 0 Å². The van der Waals surface area contributed by atoms with Crippen LogP contribution in [0.5, 0.6) is 0 Å². The maximum Gasteiger partial charge on any atom is 0.217 e. The Hall–Kier alpha value is -1.64. The smallest absolute Gasteiger partial charge is 0.217 e. The average Bonchev–Trinajstić information content (AvgIpc) is 2.18. The molecule has 1 amide bonds. The van der Waals surface area contributed by atoms with E-state index in [9.17, 15) is 9.59 Å². The number of amides is 1. The van der Waals surface area contributed by atoms with Crippen LogP contribution in [0.2, 0.25) is 0 Å². The molecular weight excluding hydrogens is 178 g/mol.